The number of likely N-dealkylation sites (N-methyl/N-ethyl adjacent to an activating group) is 2. The minimum Gasteiger partial charge on any atom is -0.463 e. The summed E-state index contributed by atoms with van der Waals surface area (Å²) in [5.41, 5.74) is -0.429. The van der Waals surface area contributed by atoms with E-state index in [9.17, 15) is 5.26 Å². The van der Waals surface area contributed by atoms with Crippen LogP contribution in [0, 0.1) is 34.2 Å². The van der Waals surface area contributed by atoms with Crippen LogP contribution in [-0.4, -0.2) is 101 Å². The van der Waals surface area contributed by atoms with Crippen LogP contribution in [0.5, 0.6) is 6.01 Å². The molecule has 9 nitrogen and oxygen atoms in total. The molecule has 50 heavy (non-hydrogen) atoms. The standard InChI is InChI=1S/C36H39F3N8OS2/c1-41-33-23(13-40)26-22(12-25(37)27(38)31(26)50-33)29-28(39)30-24(14-42-29)32(46(4)18-36(45(2)3)8-5-9-36)44-34(43-30)48-19-35(10-11-35)17-47-20-6-7-21(47)16-49-15-20/h12,14,20-21H,1,5-11,15-19H2,2-4H3. The SMILES string of the molecule is C=Nc1sc2c(F)c(F)cc(-c3ncc4c(N(C)CC5(N(C)C)CCC5)nc(OCC5(CN6C7CCC6CSC7)CC5)nc4c3F)c2c1C#N. The lowest BCUT2D eigenvalue weighted by atomic mass is 9.75. The molecule has 0 amide bonds. The number of fused-ring (bicyclic) bond motifs is 4. The fourth-order valence-electron chi connectivity index (χ4n) is 8.12. The molecule has 0 spiro atoms. The number of nitrogens with zero attached hydrogens (tertiary/aromatic N) is 8. The number of thioether (sulfide) groups is 1. The number of ether oxygens (including phenoxy) is 1. The molecule has 3 aromatic heterocycles. The smallest absolute Gasteiger partial charge is 0.319 e. The van der Waals surface area contributed by atoms with Crippen molar-refractivity contribution in [2.45, 2.75) is 62.6 Å². The summed E-state index contributed by atoms with van der Waals surface area (Å²) in [6.07, 6.45) is 9.27. The molecule has 2 aliphatic carbocycles. The molecule has 0 N–H and O–H groups in total. The minimum atomic E-state index is -1.19. The molecular formula is C36H39F3N8OS2. The number of aromatic nitrogens is 3. The molecular weight excluding hydrogens is 682 g/mol. The molecule has 2 saturated carbocycles. The van der Waals surface area contributed by atoms with Gasteiger partial charge in [-0.2, -0.15) is 27.0 Å². The van der Waals surface area contributed by atoms with E-state index in [1.807, 2.05) is 18.0 Å². The van der Waals surface area contributed by atoms with Gasteiger partial charge in [0.15, 0.2) is 17.5 Å². The molecule has 4 aliphatic rings. The van der Waals surface area contributed by atoms with Crippen LogP contribution < -0.4 is 9.64 Å². The lowest BCUT2D eigenvalue weighted by Gasteiger charge is -2.49. The maximum Gasteiger partial charge on any atom is 0.319 e. The van der Waals surface area contributed by atoms with E-state index in [1.165, 1.54) is 30.5 Å². The predicted molar refractivity (Wildman–Crippen MR) is 193 cm³/mol. The summed E-state index contributed by atoms with van der Waals surface area (Å²) in [6, 6.07) is 4.19. The zero-order valence-electron chi connectivity index (χ0n) is 28.4. The first-order valence-electron chi connectivity index (χ1n) is 17.1. The summed E-state index contributed by atoms with van der Waals surface area (Å²) >= 11 is 2.84. The topological polar surface area (TPSA) is 93.8 Å². The first kappa shape index (κ1) is 33.6. The summed E-state index contributed by atoms with van der Waals surface area (Å²) in [4.78, 5) is 24.7. The molecule has 14 heteroatoms. The van der Waals surface area contributed by atoms with Crippen molar-refractivity contribution in [1.29, 1.82) is 5.26 Å². The van der Waals surface area contributed by atoms with E-state index < -0.39 is 17.5 Å². The van der Waals surface area contributed by atoms with Gasteiger partial charge in [0.2, 0.25) is 0 Å². The van der Waals surface area contributed by atoms with Crippen LogP contribution in [0.25, 0.3) is 32.2 Å². The molecule has 2 bridgehead atoms. The number of nitriles is 1. The number of pyridine rings is 1. The van der Waals surface area contributed by atoms with Gasteiger partial charge >= 0.3 is 6.01 Å². The Morgan fingerprint density at radius 3 is 2.46 bits per heavy atom. The normalized spacial score (nSPS) is 22.1. The van der Waals surface area contributed by atoms with Crippen molar-refractivity contribution in [1.82, 2.24) is 24.8 Å². The third kappa shape index (κ3) is 5.52. The minimum absolute atomic E-state index is 0.0108. The van der Waals surface area contributed by atoms with Crippen LogP contribution in [-0.2, 0) is 0 Å². The lowest BCUT2D eigenvalue weighted by molar-refractivity contribution is 0.0682. The van der Waals surface area contributed by atoms with E-state index in [1.54, 1.807) is 0 Å². The van der Waals surface area contributed by atoms with Crippen LogP contribution in [0.2, 0.25) is 0 Å². The molecule has 2 aliphatic heterocycles. The van der Waals surface area contributed by atoms with Crippen molar-refractivity contribution in [2.75, 3.05) is 57.2 Å². The second-order valence-electron chi connectivity index (χ2n) is 14.7. The van der Waals surface area contributed by atoms with Crippen LogP contribution >= 0.6 is 23.1 Å². The Balaban J connectivity index is 1.21. The number of hydrogen-bond acceptors (Lipinski definition) is 11. The van der Waals surface area contributed by atoms with Gasteiger partial charge in [0, 0.05) is 71.8 Å². The Bertz CT molecular complexity index is 2040. The molecule has 2 saturated heterocycles. The Kier molecular flexibility index (Phi) is 8.48. The van der Waals surface area contributed by atoms with Crippen molar-refractivity contribution in [3.63, 3.8) is 0 Å². The van der Waals surface area contributed by atoms with Gasteiger partial charge in [-0.15, -0.1) is 11.3 Å². The molecule has 5 heterocycles. The third-order valence-corrected chi connectivity index (χ3v) is 13.8. The van der Waals surface area contributed by atoms with Gasteiger partial charge in [-0.05, 0) is 71.8 Å². The number of anilines is 1. The van der Waals surface area contributed by atoms with Gasteiger partial charge < -0.3 is 14.5 Å². The monoisotopic (exact) mass is 720 g/mol. The van der Waals surface area contributed by atoms with Gasteiger partial charge in [-0.25, -0.2) is 13.2 Å². The molecule has 4 fully saturated rings. The average Bonchev–Trinajstić information content (AvgIpc) is 3.70. The second-order valence-corrected chi connectivity index (χ2v) is 16.8. The first-order valence-corrected chi connectivity index (χ1v) is 19.1. The Morgan fingerprint density at radius 2 is 1.84 bits per heavy atom. The van der Waals surface area contributed by atoms with Crippen molar-refractivity contribution in [3.05, 3.63) is 35.3 Å². The van der Waals surface area contributed by atoms with Crippen molar-refractivity contribution in [3.8, 4) is 23.3 Å². The number of rotatable bonds is 11. The zero-order chi connectivity index (χ0) is 34.9. The number of hydrogen-bond donors (Lipinski definition) is 0. The predicted octanol–water partition coefficient (Wildman–Crippen LogP) is 7.19. The van der Waals surface area contributed by atoms with E-state index >= 15 is 13.2 Å². The molecule has 262 valence electrons. The number of aliphatic imine (C=N–C) groups is 1. The number of halogens is 3. The fraction of sp³-hybridized carbons (Fsp3) is 0.528. The Labute approximate surface area is 297 Å². The van der Waals surface area contributed by atoms with Gasteiger partial charge in [0.1, 0.15) is 28.1 Å². The summed E-state index contributed by atoms with van der Waals surface area (Å²) in [5, 5.41) is 10.5. The Morgan fingerprint density at radius 1 is 1.10 bits per heavy atom. The van der Waals surface area contributed by atoms with Crippen LogP contribution in [0.1, 0.15) is 50.5 Å². The summed E-state index contributed by atoms with van der Waals surface area (Å²) in [7, 11) is 6.08. The quantitative estimate of drug-likeness (QED) is 0.149. The Hall–Kier alpha value is -3.51. The molecule has 1 aromatic carbocycles. The highest BCUT2D eigenvalue weighted by Crippen LogP contribution is 2.50. The zero-order valence-corrected chi connectivity index (χ0v) is 30.1. The van der Waals surface area contributed by atoms with Gasteiger partial charge in [-0.3, -0.25) is 14.9 Å². The van der Waals surface area contributed by atoms with E-state index in [2.05, 4.69) is 57.3 Å². The van der Waals surface area contributed by atoms with E-state index in [0.29, 0.717) is 36.4 Å². The summed E-state index contributed by atoms with van der Waals surface area (Å²) in [6.45, 7) is 5.53. The number of thiophene rings is 1. The van der Waals surface area contributed by atoms with E-state index in [-0.39, 0.29) is 54.4 Å². The van der Waals surface area contributed by atoms with Gasteiger partial charge in [0.25, 0.3) is 0 Å². The van der Waals surface area contributed by atoms with E-state index in [0.717, 1.165) is 56.1 Å². The van der Waals surface area contributed by atoms with Crippen molar-refractivity contribution < 1.29 is 17.9 Å². The molecule has 8 rings (SSSR count). The second kappa shape index (κ2) is 12.6. The largest absolute Gasteiger partial charge is 0.463 e. The molecule has 0 radical (unpaired) electrons. The maximum absolute atomic E-state index is 16.9. The summed E-state index contributed by atoms with van der Waals surface area (Å²) < 4.78 is 53.2. The lowest BCUT2D eigenvalue weighted by Crippen LogP contribution is -2.56. The summed E-state index contributed by atoms with van der Waals surface area (Å²) in [5.74, 6) is -0.328. The van der Waals surface area contributed by atoms with Crippen molar-refractivity contribution in [2.24, 2.45) is 10.4 Å². The van der Waals surface area contributed by atoms with Crippen molar-refractivity contribution >= 4 is 61.6 Å². The highest BCUT2D eigenvalue weighted by atomic mass is 32.2. The third-order valence-electron chi connectivity index (χ3n) is 11.5. The number of benzene rings is 1. The molecule has 2 atom stereocenters. The molecule has 4 aromatic rings. The first-order chi connectivity index (χ1) is 24.1. The van der Waals surface area contributed by atoms with E-state index in [4.69, 9.17) is 9.72 Å². The highest BCUT2D eigenvalue weighted by Gasteiger charge is 2.49. The van der Waals surface area contributed by atoms with Gasteiger partial charge in [0.05, 0.1) is 22.3 Å². The van der Waals surface area contributed by atoms with Crippen LogP contribution in [0.3, 0.4) is 0 Å². The molecule has 2 unspecified atom stereocenters. The maximum atomic E-state index is 16.9. The van der Waals surface area contributed by atoms with Crippen LogP contribution in [0.15, 0.2) is 17.3 Å². The highest BCUT2D eigenvalue weighted by molar-refractivity contribution is 7.99. The fourth-order valence-corrected chi connectivity index (χ4v) is 10.5. The van der Waals surface area contributed by atoms with Crippen LogP contribution in [0.4, 0.5) is 24.0 Å². The van der Waals surface area contributed by atoms with Gasteiger partial charge in [-0.1, -0.05) is 0 Å². The average molecular weight is 721 g/mol.